The van der Waals surface area contributed by atoms with Gasteiger partial charge in [0.15, 0.2) is 17.3 Å². The molecule has 2 heterocycles. The second kappa shape index (κ2) is 55.1. The summed E-state index contributed by atoms with van der Waals surface area (Å²) >= 11 is 2.17. The van der Waals surface area contributed by atoms with Crippen molar-refractivity contribution in [1.82, 2.24) is 46.2 Å². The summed E-state index contributed by atoms with van der Waals surface area (Å²) < 4.78 is 21.9. The predicted octanol–water partition coefficient (Wildman–Crippen LogP) is 7.26. The number of phenolic OH excluding ortho intramolecular Hbond substituents is 4. The number of carbonyl (C=O) groups is 17. The van der Waals surface area contributed by atoms with E-state index in [2.05, 4.69) is 49.2 Å². The normalized spacial score (nSPS) is 17.0. The fourth-order valence-corrected chi connectivity index (χ4v) is 16.2. The molecule has 9 amide bonds. The van der Waals surface area contributed by atoms with Crippen molar-refractivity contribution in [2.45, 2.75) is 193 Å². The Morgan fingerprint density at radius 2 is 0.972 bits per heavy atom. The van der Waals surface area contributed by atoms with Crippen molar-refractivity contribution in [3.8, 4) is 56.8 Å². The molecule has 7 aromatic rings. The summed E-state index contributed by atoms with van der Waals surface area (Å²) in [6, 6.07) is 27.6. The number of phenols is 4. The number of nitrogens with zero attached hydrogens (tertiary/aromatic N) is 4. The van der Waals surface area contributed by atoms with Crippen molar-refractivity contribution < 1.29 is 141 Å². The Hall–Kier alpha value is -14.3. The highest BCUT2D eigenvalue weighted by Gasteiger charge is 2.39. The fourth-order valence-electron chi connectivity index (χ4n) is 15.4. The number of ether oxygens (including phenoxy) is 4. The smallest absolute Gasteiger partial charge is 0.328 e. The van der Waals surface area contributed by atoms with Gasteiger partial charge in [-0.1, -0.05) is 114 Å². The Bertz CT molecular complexity index is 5740. The number of nitrogens with two attached hydrogens (primary N) is 1. The van der Waals surface area contributed by atoms with Gasteiger partial charge in [0.25, 0.3) is 0 Å². The third-order valence-electron chi connectivity index (χ3n) is 24.2. The Morgan fingerprint density at radius 3 is 1.42 bits per heavy atom. The van der Waals surface area contributed by atoms with Gasteiger partial charge < -0.3 is 112 Å². The molecule has 0 aromatic heterocycles. The van der Waals surface area contributed by atoms with Gasteiger partial charge in [0.05, 0.1) is 57.3 Å². The SMILES string of the molecule is CCC(=O)N(C)[C@H](CO)C(=O)N[C@H](C)C(=O)CCC(=O)N(C)[C@@H]1C(=O)C[C@@H](C)C(=O)N[C@H](C(=O)O)Cc2ccc(O)c(c2)-c2cc1ccc2O.CCC(=O)N(C)[C@H](COCc1ccccc1)C(=O)N[C@H](C)C(=O)O.COC(=O)[C@H](Cc1ccc(OC)c(C)c1)NC(=O)[C@H](C)CC(=O)[C@@H](C)c1ccc(OC)c(I)c1.C[C@@H]1CC(=O)[C@@H](N(C)C(=O)CN)c2ccc(O)c(c2)-c2cc(ccc2O)C[C@@H](C(=O)O)NC1=O. The fraction of sp³-hybridized carbons (Fsp3) is 0.422. The van der Waals surface area contributed by atoms with Gasteiger partial charge in [0.2, 0.25) is 53.2 Å². The van der Waals surface area contributed by atoms with E-state index in [1.807, 2.05) is 80.6 Å². The minimum atomic E-state index is -1.36. The number of esters is 1. The number of aromatic hydroxyl groups is 4. The van der Waals surface area contributed by atoms with E-state index in [0.29, 0.717) is 23.3 Å². The summed E-state index contributed by atoms with van der Waals surface area (Å²) in [5, 5.41) is 93.0. The van der Waals surface area contributed by atoms with Crippen LogP contribution in [0.3, 0.4) is 0 Å². The monoisotopic (exact) mass is 2080 g/mol. The van der Waals surface area contributed by atoms with Crippen molar-refractivity contribution in [3.63, 3.8) is 0 Å². The molecule has 13 atom stereocenters. The van der Waals surface area contributed by atoms with Crippen LogP contribution in [-0.2, 0) is 117 Å². The number of halogens is 1. The predicted molar refractivity (Wildman–Crippen MR) is 527 cm³/mol. The van der Waals surface area contributed by atoms with Crippen molar-refractivity contribution in [3.05, 3.63) is 188 Å². The van der Waals surface area contributed by atoms with Crippen LogP contribution in [0.1, 0.15) is 163 Å². The summed E-state index contributed by atoms with van der Waals surface area (Å²) in [5.41, 5.74) is 11.3. The van der Waals surface area contributed by atoms with Crippen molar-refractivity contribution in [1.29, 1.82) is 0 Å². The first-order chi connectivity index (χ1) is 67.0. The number of benzene rings is 7. The number of likely N-dealkylation sites (N-methyl/N-ethyl adjacent to an activating group) is 4. The highest BCUT2D eigenvalue weighted by Crippen LogP contribution is 2.42. The molecule has 40 heteroatoms. The summed E-state index contributed by atoms with van der Waals surface area (Å²) in [5.74, 6) is -12.9. The number of Topliss-reactive ketones (excluding diaryl/α,β-unsaturated/α-hetero) is 4. The molecule has 0 aliphatic carbocycles. The number of carbonyl (C=O) groups excluding carboxylic acids is 14. The maximum absolute atomic E-state index is 13.9. The lowest BCUT2D eigenvalue weighted by atomic mass is 9.89. The lowest BCUT2D eigenvalue weighted by Gasteiger charge is -2.29. The Morgan fingerprint density at radius 1 is 0.514 bits per heavy atom. The molecule has 766 valence electrons. The minimum Gasteiger partial charge on any atom is -0.507 e. The van der Waals surface area contributed by atoms with Gasteiger partial charge in [-0.15, -0.1) is 0 Å². The number of aliphatic carboxylic acids is 3. The highest BCUT2D eigenvalue weighted by molar-refractivity contribution is 14.1. The molecule has 8 bridgehead atoms. The van der Waals surface area contributed by atoms with Gasteiger partial charge in [0.1, 0.15) is 88.6 Å². The average molecular weight is 2080 g/mol. The number of rotatable bonds is 34. The topological polar surface area (TPSA) is 588 Å². The third-order valence-corrected chi connectivity index (χ3v) is 25.0. The van der Waals surface area contributed by atoms with Gasteiger partial charge in [-0.3, -0.25) is 67.1 Å². The van der Waals surface area contributed by atoms with E-state index in [4.69, 9.17) is 29.8 Å². The molecule has 142 heavy (non-hydrogen) atoms. The zero-order chi connectivity index (χ0) is 106. The van der Waals surface area contributed by atoms with Crippen LogP contribution in [0.4, 0.5) is 0 Å². The van der Waals surface area contributed by atoms with Gasteiger partial charge in [0, 0.05) is 138 Å². The van der Waals surface area contributed by atoms with Crippen LogP contribution in [0.5, 0.6) is 34.5 Å². The van der Waals surface area contributed by atoms with E-state index in [-0.39, 0.29) is 151 Å². The Balaban J connectivity index is 0.000000299. The molecule has 0 saturated carbocycles. The molecule has 0 fully saturated rings. The van der Waals surface area contributed by atoms with E-state index in [9.17, 15) is 117 Å². The Labute approximate surface area is 836 Å². The second-order valence-corrected chi connectivity index (χ2v) is 35.8. The molecule has 7 aromatic carbocycles. The average Bonchev–Trinajstić information content (AvgIpc) is 0.782. The number of hydrogen-bond donors (Lipinski definition) is 14. The van der Waals surface area contributed by atoms with Gasteiger partial charge in [-0.05, 0) is 155 Å². The summed E-state index contributed by atoms with van der Waals surface area (Å²) in [7, 11) is 10.1. The lowest BCUT2D eigenvalue weighted by molar-refractivity contribution is -0.145. The molecule has 39 nitrogen and oxygen atoms in total. The number of aryl methyl sites for hydroxylation is 1. The highest BCUT2D eigenvalue weighted by atomic mass is 127. The molecule has 0 radical (unpaired) electrons. The first kappa shape index (κ1) is 116. The summed E-state index contributed by atoms with van der Waals surface area (Å²) in [6.45, 7) is 13.7. The molecular weight excluding hydrogens is 1960 g/mol. The minimum absolute atomic E-state index is 0.0185. The van der Waals surface area contributed by atoms with Crippen molar-refractivity contribution in [2.24, 2.45) is 23.5 Å². The zero-order valence-electron chi connectivity index (χ0n) is 82.1. The van der Waals surface area contributed by atoms with E-state index in [1.54, 1.807) is 35.0 Å². The lowest BCUT2D eigenvalue weighted by Crippen LogP contribution is -2.53. The molecule has 2 aliphatic heterocycles. The number of fused-ring (bicyclic) bond motifs is 10. The van der Waals surface area contributed by atoms with E-state index >= 15 is 0 Å². The van der Waals surface area contributed by atoms with E-state index < -0.39 is 162 Å². The number of nitrogens with one attached hydrogen (secondary N) is 5. The molecule has 0 unspecified atom stereocenters. The van der Waals surface area contributed by atoms with Crippen LogP contribution in [0.2, 0.25) is 0 Å². The quantitative estimate of drug-likeness (QED) is 0.0139. The van der Waals surface area contributed by atoms with Crippen molar-refractivity contribution >= 4 is 123 Å². The summed E-state index contributed by atoms with van der Waals surface area (Å²) in [4.78, 5) is 218. The van der Waals surface area contributed by atoms with Crippen LogP contribution < -0.4 is 41.8 Å². The van der Waals surface area contributed by atoms with Gasteiger partial charge in [-0.25, -0.2) is 14.4 Å². The number of carboxylic acids is 3. The number of carboxylic acid groups (broad SMARTS) is 3. The number of ketones is 4. The first-order valence-corrected chi connectivity index (χ1v) is 46.7. The molecule has 0 spiro atoms. The molecular formula is C102H127IN10O29. The number of methoxy groups -OCH3 is 3. The number of amides is 9. The van der Waals surface area contributed by atoms with E-state index in [0.717, 1.165) is 47.1 Å². The first-order valence-electron chi connectivity index (χ1n) is 45.6. The Kier molecular flexibility index (Phi) is 45.2. The van der Waals surface area contributed by atoms with Crippen LogP contribution >= 0.6 is 22.6 Å². The molecule has 9 rings (SSSR count). The van der Waals surface area contributed by atoms with Crippen LogP contribution in [-0.4, -0.2) is 272 Å². The third kappa shape index (κ3) is 32.7. The molecule has 2 aliphatic rings. The molecule has 15 N–H and O–H groups in total. The van der Waals surface area contributed by atoms with Crippen LogP contribution in [0, 0.1) is 28.2 Å². The number of hydrogen-bond acceptors (Lipinski definition) is 27. The largest absolute Gasteiger partial charge is 0.507 e. The molecule has 0 saturated heterocycles. The van der Waals surface area contributed by atoms with Gasteiger partial charge in [-0.2, -0.15) is 0 Å². The second-order valence-electron chi connectivity index (χ2n) is 34.6. The van der Waals surface area contributed by atoms with E-state index in [1.165, 1.54) is 146 Å². The zero-order valence-corrected chi connectivity index (χ0v) is 84.2. The summed E-state index contributed by atoms with van der Waals surface area (Å²) in [6.07, 6.45) is -0.916. The number of aliphatic hydroxyl groups excluding tert-OH is 1. The maximum atomic E-state index is 13.9. The van der Waals surface area contributed by atoms with Crippen molar-refractivity contribution in [2.75, 3.05) is 69.3 Å². The maximum Gasteiger partial charge on any atom is 0.328 e. The standard InChI is InChI=1S/C35H44N4O11.C26H32INO6.C24H27N3O7.C17H24N2O5/c1-6-30(45)38(4)25(17-40)34(48)36-19(3)26(41)11-12-31(46)39(5)32-21-8-10-28(43)23(16-21)22-14-20(7-9-27(22)42)15-24(35(49)50)37-33(47)18(2)13-29(32)44;1-15-11-18(7-9-23(15)32-4)13-21(26(31)34-6)28-25(30)16(2)12-22(29)17(3)19-8-10-24(33-5)20(27)14-19;1-12-7-20(30)22(27(2)21(31)11-25)14-4-6-19(29)16(10-14)15-8-13(3-5-18(15)28)9-17(24(33)34)26-23(12)32;1-4-15(20)19(3)14(16(21)18-12(2)17(22)23)11-24-10-13-8-6-5-7-9-13/h7-10,14,16,18-19,24-25,32,40,42-43H,6,11-13,15,17H2,1-5H3,(H,36,48)(H,37,47)(H,49,50);7-11,14,16-17,21H,12-13H2,1-6H3,(H,28,30);3-6,8,10,12,17,22,28-29H,7,9,11,25H2,1-2H3,(H,26,32)(H,33,34);5-9,12,14H,4,10-11H2,1-3H3,(H,18,21)(H,22,23)/t18-,19-,24+,25-,32+;16-,17+,21+;12-,17+,22+;12-,14-/m1111/s1. The number of aliphatic hydroxyl groups is 1. The van der Waals surface area contributed by atoms with Crippen LogP contribution in [0.15, 0.2) is 140 Å². The van der Waals surface area contributed by atoms with Gasteiger partial charge >= 0.3 is 23.9 Å². The van der Waals surface area contributed by atoms with Crippen LogP contribution in [0.25, 0.3) is 22.3 Å².